The zero-order valence-electron chi connectivity index (χ0n) is 12.2. The van der Waals surface area contributed by atoms with Gasteiger partial charge in [0.25, 0.3) is 5.91 Å². The summed E-state index contributed by atoms with van der Waals surface area (Å²) in [5.41, 5.74) is 1.60. The van der Waals surface area contributed by atoms with E-state index in [0.29, 0.717) is 17.8 Å². The second kappa shape index (κ2) is 7.33. The van der Waals surface area contributed by atoms with Crippen LogP contribution in [0.4, 0.5) is 0 Å². The average Bonchev–Trinajstić information content (AvgIpc) is 3.08. The third kappa shape index (κ3) is 3.89. The van der Waals surface area contributed by atoms with Crippen molar-refractivity contribution < 1.29 is 9.90 Å². The minimum absolute atomic E-state index is 0.160. The van der Waals surface area contributed by atoms with Crippen LogP contribution in [0.15, 0.2) is 18.3 Å². The van der Waals surface area contributed by atoms with Crippen LogP contribution in [0.5, 0.6) is 0 Å². The SMILES string of the molecule is CCCc1nnsc1C(=O)NCCC(O)c1cccn1C. The minimum Gasteiger partial charge on any atom is -0.387 e. The van der Waals surface area contributed by atoms with Crippen molar-refractivity contribution in [2.75, 3.05) is 6.54 Å². The van der Waals surface area contributed by atoms with Gasteiger partial charge in [-0.15, -0.1) is 5.10 Å². The second-order valence-corrected chi connectivity index (χ2v) is 5.66. The molecule has 0 aromatic carbocycles. The highest BCUT2D eigenvalue weighted by molar-refractivity contribution is 7.08. The molecule has 0 aliphatic heterocycles. The van der Waals surface area contributed by atoms with E-state index in [9.17, 15) is 9.90 Å². The van der Waals surface area contributed by atoms with Crippen molar-refractivity contribution in [1.29, 1.82) is 0 Å². The van der Waals surface area contributed by atoms with E-state index >= 15 is 0 Å². The number of nitrogens with zero attached hydrogens (tertiary/aromatic N) is 3. The Labute approximate surface area is 128 Å². The minimum atomic E-state index is -0.583. The van der Waals surface area contributed by atoms with Gasteiger partial charge in [-0.1, -0.05) is 17.8 Å². The first kappa shape index (κ1) is 15.7. The molecule has 2 N–H and O–H groups in total. The number of aromatic nitrogens is 3. The number of hydrogen-bond acceptors (Lipinski definition) is 5. The molecule has 6 nitrogen and oxygen atoms in total. The maximum Gasteiger partial charge on any atom is 0.264 e. The maximum atomic E-state index is 12.1. The lowest BCUT2D eigenvalue weighted by atomic mass is 10.2. The van der Waals surface area contributed by atoms with E-state index in [-0.39, 0.29) is 5.91 Å². The van der Waals surface area contributed by atoms with Gasteiger partial charge in [0.1, 0.15) is 4.88 Å². The predicted octanol–water partition coefficient (Wildman–Crippen LogP) is 1.68. The Morgan fingerprint density at radius 2 is 2.38 bits per heavy atom. The number of aliphatic hydroxyl groups excluding tert-OH is 1. The summed E-state index contributed by atoms with van der Waals surface area (Å²) in [6.45, 7) is 2.45. The number of rotatable bonds is 7. The Morgan fingerprint density at radius 3 is 3.05 bits per heavy atom. The summed E-state index contributed by atoms with van der Waals surface area (Å²) in [6.07, 6.45) is 3.46. The van der Waals surface area contributed by atoms with Crippen molar-refractivity contribution in [2.24, 2.45) is 7.05 Å². The topological polar surface area (TPSA) is 80.0 Å². The lowest BCUT2D eigenvalue weighted by Gasteiger charge is -2.12. The summed E-state index contributed by atoms with van der Waals surface area (Å²) in [6, 6.07) is 3.76. The van der Waals surface area contributed by atoms with Gasteiger partial charge in [-0.2, -0.15) is 0 Å². The Hall–Kier alpha value is -1.73. The van der Waals surface area contributed by atoms with Crippen LogP contribution >= 0.6 is 11.5 Å². The molecule has 0 radical (unpaired) electrons. The largest absolute Gasteiger partial charge is 0.387 e. The van der Waals surface area contributed by atoms with Crippen LogP contribution in [-0.2, 0) is 13.5 Å². The standard InChI is InChI=1S/C14H20N4O2S/c1-3-5-10-13(21-17-16-10)14(20)15-8-7-12(19)11-6-4-9-18(11)2/h4,6,9,12,19H,3,5,7-8H2,1-2H3,(H,15,20). The fraction of sp³-hybridized carbons (Fsp3) is 0.500. The molecule has 0 bridgehead atoms. The van der Waals surface area contributed by atoms with Crippen LogP contribution in [0.25, 0.3) is 0 Å². The van der Waals surface area contributed by atoms with Crippen LogP contribution in [0.2, 0.25) is 0 Å². The molecule has 0 spiro atoms. The summed E-state index contributed by atoms with van der Waals surface area (Å²) in [7, 11) is 1.89. The molecule has 2 aromatic rings. The molecule has 0 aliphatic carbocycles. The lowest BCUT2D eigenvalue weighted by molar-refractivity contribution is 0.0944. The molecule has 2 aromatic heterocycles. The summed E-state index contributed by atoms with van der Waals surface area (Å²) < 4.78 is 5.71. The smallest absolute Gasteiger partial charge is 0.264 e. The van der Waals surface area contributed by atoms with Crippen LogP contribution < -0.4 is 5.32 Å². The number of amides is 1. The molecule has 1 unspecified atom stereocenters. The van der Waals surface area contributed by atoms with E-state index in [1.54, 1.807) is 0 Å². The van der Waals surface area contributed by atoms with Crippen molar-refractivity contribution >= 4 is 17.4 Å². The molecular weight excluding hydrogens is 288 g/mol. The normalized spacial score (nSPS) is 12.3. The first-order chi connectivity index (χ1) is 10.1. The highest BCUT2D eigenvalue weighted by Crippen LogP contribution is 2.16. The molecule has 0 aliphatic rings. The molecule has 2 rings (SSSR count). The van der Waals surface area contributed by atoms with Gasteiger partial charge in [0.05, 0.1) is 11.8 Å². The monoisotopic (exact) mass is 308 g/mol. The number of carbonyl (C=O) groups excluding carboxylic acids is 1. The zero-order valence-corrected chi connectivity index (χ0v) is 13.1. The Bertz CT molecular complexity index is 593. The molecule has 7 heteroatoms. The zero-order chi connectivity index (χ0) is 15.2. The van der Waals surface area contributed by atoms with Crippen molar-refractivity contribution in [3.05, 3.63) is 34.6 Å². The van der Waals surface area contributed by atoms with E-state index in [0.717, 1.165) is 35.8 Å². The lowest BCUT2D eigenvalue weighted by Crippen LogP contribution is -2.26. The summed E-state index contributed by atoms with van der Waals surface area (Å²) in [4.78, 5) is 12.6. The fourth-order valence-electron chi connectivity index (χ4n) is 2.15. The number of aryl methyl sites for hydroxylation is 2. The van der Waals surface area contributed by atoms with Crippen LogP contribution in [-0.4, -0.2) is 31.7 Å². The van der Waals surface area contributed by atoms with Gasteiger partial charge in [0.15, 0.2) is 0 Å². The predicted molar refractivity (Wildman–Crippen MR) is 81.2 cm³/mol. The van der Waals surface area contributed by atoms with Gasteiger partial charge in [0.2, 0.25) is 0 Å². The Balaban J connectivity index is 1.84. The van der Waals surface area contributed by atoms with E-state index in [4.69, 9.17) is 0 Å². The Morgan fingerprint density at radius 1 is 1.57 bits per heavy atom. The Kier molecular flexibility index (Phi) is 5.46. The first-order valence-electron chi connectivity index (χ1n) is 7.02. The van der Waals surface area contributed by atoms with Gasteiger partial charge in [0, 0.05) is 25.5 Å². The van der Waals surface area contributed by atoms with Gasteiger partial charge in [-0.3, -0.25) is 4.79 Å². The maximum absolute atomic E-state index is 12.1. The second-order valence-electron chi connectivity index (χ2n) is 4.90. The highest BCUT2D eigenvalue weighted by Gasteiger charge is 2.16. The van der Waals surface area contributed by atoms with E-state index in [1.807, 2.05) is 36.9 Å². The number of nitrogens with one attached hydrogen (secondary N) is 1. The van der Waals surface area contributed by atoms with E-state index in [2.05, 4.69) is 14.9 Å². The quantitative estimate of drug-likeness (QED) is 0.815. The number of carbonyl (C=O) groups is 1. The molecule has 114 valence electrons. The molecule has 1 amide bonds. The van der Waals surface area contributed by atoms with E-state index < -0.39 is 6.10 Å². The van der Waals surface area contributed by atoms with Crippen LogP contribution in [0.1, 0.15) is 46.9 Å². The summed E-state index contributed by atoms with van der Waals surface area (Å²) >= 11 is 1.12. The van der Waals surface area contributed by atoms with Gasteiger partial charge in [-0.05, 0) is 36.5 Å². The first-order valence-corrected chi connectivity index (χ1v) is 7.79. The molecule has 21 heavy (non-hydrogen) atoms. The third-order valence-electron chi connectivity index (χ3n) is 3.28. The molecule has 0 saturated carbocycles. The van der Waals surface area contributed by atoms with Crippen molar-refractivity contribution in [3.8, 4) is 0 Å². The fourth-order valence-corrected chi connectivity index (χ4v) is 2.78. The van der Waals surface area contributed by atoms with Gasteiger partial charge < -0.3 is 15.0 Å². The third-order valence-corrected chi connectivity index (χ3v) is 4.04. The van der Waals surface area contributed by atoms with E-state index in [1.165, 1.54) is 0 Å². The molecule has 1 atom stereocenters. The van der Waals surface area contributed by atoms with Gasteiger partial charge >= 0.3 is 0 Å². The highest BCUT2D eigenvalue weighted by atomic mass is 32.1. The number of aliphatic hydroxyl groups is 1. The van der Waals surface area contributed by atoms with Crippen LogP contribution in [0, 0.1) is 0 Å². The molecular formula is C14H20N4O2S. The average molecular weight is 308 g/mol. The molecule has 0 fully saturated rings. The molecule has 0 saturated heterocycles. The number of hydrogen-bond donors (Lipinski definition) is 2. The van der Waals surface area contributed by atoms with Crippen molar-refractivity contribution in [3.63, 3.8) is 0 Å². The van der Waals surface area contributed by atoms with Crippen molar-refractivity contribution in [1.82, 2.24) is 19.5 Å². The van der Waals surface area contributed by atoms with Crippen molar-refractivity contribution in [2.45, 2.75) is 32.3 Å². The summed E-state index contributed by atoms with van der Waals surface area (Å²) in [5.74, 6) is -0.160. The van der Waals surface area contributed by atoms with Crippen LogP contribution in [0.3, 0.4) is 0 Å². The molecule has 2 heterocycles. The summed E-state index contributed by atoms with van der Waals surface area (Å²) in [5, 5.41) is 16.9. The van der Waals surface area contributed by atoms with Gasteiger partial charge in [-0.25, -0.2) is 0 Å².